The Morgan fingerprint density at radius 2 is 1.91 bits per heavy atom. The highest BCUT2D eigenvalue weighted by Crippen LogP contribution is 2.24. The molecule has 0 atom stereocenters. The van der Waals surface area contributed by atoms with Gasteiger partial charge in [0.15, 0.2) is 11.5 Å². The topological polar surface area (TPSA) is 94.2 Å². The standard InChI is InChI=1S/C23H31N3O6/c1-5-26-17(3)20(16(2)21(26)23(29)30-4)18(27)15-25(22(28)19-7-6-12-32-19)9-8-24-10-13-31-14-11-24/h6-7,12H,5,8-11,13-15H2,1-4H3. The van der Waals surface area contributed by atoms with E-state index in [0.717, 1.165) is 13.1 Å². The number of nitrogens with zero attached hydrogens (tertiary/aromatic N) is 3. The number of furan rings is 1. The number of Topliss-reactive ketones (excluding diaryl/α,β-unsaturated/α-hetero) is 1. The number of hydrogen-bond donors (Lipinski definition) is 0. The van der Waals surface area contributed by atoms with Crippen LogP contribution in [0.25, 0.3) is 0 Å². The van der Waals surface area contributed by atoms with Gasteiger partial charge in [0.1, 0.15) is 5.69 Å². The molecule has 32 heavy (non-hydrogen) atoms. The average molecular weight is 446 g/mol. The van der Waals surface area contributed by atoms with Crippen LogP contribution in [0.4, 0.5) is 0 Å². The van der Waals surface area contributed by atoms with E-state index in [9.17, 15) is 14.4 Å². The van der Waals surface area contributed by atoms with Crippen molar-refractivity contribution in [2.75, 3.05) is 53.0 Å². The molecule has 1 fully saturated rings. The number of esters is 1. The number of ether oxygens (including phenoxy) is 2. The van der Waals surface area contributed by atoms with Gasteiger partial charge in [-0.1, -0.05) is 0 Å². The van der Waals surface area contributed by atoms with Gasteiger partial charge >= 0.3 is 5.97 Å². The van der Waals surface area contributed by atoms with Crippen LogP contribution in [0, 0.1) is 13.8 Å². The van der Waals surface area contributed by atoms with Gasteiger partial charge in [0.05, 0.1) is 33.1 Å². The SMILES string of the molecule is CCn1c(C)c(C(=O)CN(CCN2CCOCC2)C(=O)c2ccco2)c(C)c1C(=O)OC. The molecule has 0 aromatic carbocycles. The van der Waals surface area contributed by atoms with E-state index >= 15 is 0 Å². The highest BCUT2D eigenvalue weighted by Gasteiger charge is 2.29. The number of amides is 1. The van der Waals surface area contributed by atoms with Crippen LogP contribution in [0.3, 0.4) is 0 Å². The molecule has 0 aliphatic carbocycles. The number of aromatic nitrogens is 1. The molecule has 1 amide bonds. The summed E-state index contributed by atoms with van der Waals surface area (Å²) in [6.07, 6.45) is 1.44. The number of carbonyl (C=O) groups excluding carboxylic acids is 3. The maximum Gasteiger partial charge on any atom is 0.354 e. The molecular weight excluding hydrogens is 414 g/mol. The molecule has 0 bridgehead atoms. The van der Waals surface area contributed by atoms with Gasteiger partial charge in [0.25, 0.3) is 5.91 Å². The fourth-order valence-corrected chi connectivity index (χ4v) is 4.21. The molecular formula is C23H31N3O6. The van der Waals surface area contributed by atoms with Crippen LogP contribution in [0.15, 0.2) is 22.8 Å². The summed E-state index contributed by atoms with van der Waals surface area (Å²) in [5.41, 5.74) is 2.08. The summed E-state index contributed by atoms with van der Waals surface area (Å²) >= 11 is 0. The van der Waals surface area contributed by atoms with Crippen molar-refractivity contribution in [2.45, 2.75) is 27.3 Å². The summed E-state index contributed by atoms with van der Waals surface area (Å²) in [4.78, 5) is 42.5. The van der Waals surface area contributed by atoms with Gasteiger partial charge in [-0.15, -0.1) is 0 Å². The van der Waals surface area contributed by atoms with Gasteiger partial charge in [0, 0.05) is 44.0 Å². The molecule has 9 heteroatoms. The Morgan fingerprint density at radius 1 is 1.19 bits per heavy atom. The van der Waals surface area contributed by atoms with E-state index in [1.807, 2.05) is 13.8 Å². The minimum absolute atomic E-state index is 0.111. The molecule has 0 N–H and O–H groups in total. The predicted octanol–water partition coefficient (Wildman–Crippen LogP) is 2.16. The van der Waals surface area contributed by atoms with Crippen LogP contribution in [-0.2, 0) is 16.0 Å². The van der Waals surface area contributed by atoms with Gasteiger partial charge in [-0.2, -0.15) is 0 Å². The second-order valence-corrected chi connectivity index (χ2v) is 7.75. The second-order valence-electron chi connectivity index (χ2n) is 7.75. The summed E-state index contributed by atoms with van der Waals surface area (Å²) in [6.45, 7) is 9.76. The Bertz CT molecular complexity index is 957. The van der Waals surface area contributed by atoms with Gasteiger partial charge in [0.2, 0.25) is 0 Å². The summed E-state index contributed by atoms with van der Waals surface area (Å²) in [5, 5.41) is 0. The number of hydrogen-bond acceptors (Lipinski definition) is 7. The van der Waals surface area contributed by atoms with E-state index in [4.69, 9.17) is 13.9 Å². The first-order valence-corrected chi connectivity index (χ1v) is 10.8. The zero-order valence-electron chi connectivity index (χ0n) is 19.2. The molecule has 0 saturated carbocycles. The number of methoxy groups -OCH3 is 1. The van der Waals surface area contributed by atoms with E-state index in [2.05, 4.69) is 4.90 Å². The third-order valence-electron chi connectivity index (χ3n) is 5.88. The molecule has 1 saturated heterocycles. The van der Waals surface area contributed by atoms with E-state index < -0.39 is 5.97 Å². The molecule has 2 aromatic heterocycles. The largest absolute Gasteiger partial charge is 0.464 e. The molecule has 3 rings (SSSR count). The summed E-state index contributed by atoms with van der Waals surface area (Å²) in [7, 11) is 1.32. The number of rotatable bonds is 9. The highest BCUT2D eigenvalue weighted by molar-refractivity contribution is 6.05. The lowest BCUT2D eigenvalue weighted by Crippen LogP contribution is -2.44. The Balaban J connectivity index is 1.85. The first kappa shape index (κ1) is 23.7. The summed E-state index contributed by atoms with van der Waals surface area (Å²) in [5.74, 6) is -0.855. The molecule has 1 aliphatic heterocycles. The fourth-order valence-electron chi connectivity index (χ4n) is 4.21. The first-order chi connectivity index (χ1) is 15.4. The fraction of sp³-hybridized carbons (Fsp3) is 0.522. The normalized spacial score (nSPS) is 14.4. The third-order valence-corrected chi connectivity index (χ3v) is 5.88. The predicted molar refractivity (Wildman–Crippen MR) is 117 cm³/mol. The quantitative estimate of drug-likeness (QED) is 0.431. The molecule has 2 aromatic rings. The summed E-state index contributed by atoms with van der Waals surface area (Å²) < 4.78 is 17.4. The van der Waals surface area contributed by atoms with Gasteiger partial charge in [-0.25, -0.2) is 4.79 Å². The zero-order valence-corrected chi connectivity index (χ0v) is 19.2. The second kappa shape index (κ2) is 10.6. The zero-order chi connectivity index (χ0) is 23.3. The van der Waals surface area contributed by atoms with Crippen molar-refractivity contribution >= 4 is 17.7 Å². The molecule has 0 spiro atoms. The van der Waals surface area contributed by atoms with Crippen LogP contribution in [0.1, 0.15) is 49.6 Å². The molecule has 174 valence electrons. The Morgan fingerprint density at radius 3 is 2.50 bits per heavy atom. The van der Waals surface area contributed by atoms with Gasteiger partial charge in [-0.05, 0) is 38.5 Å². The van der Waals surface area contributed by atoms with Crippen molar-refractivity contribution in [3.63, 3.8) is 0 Å². The minimum atomic E-state index is -0.484. The lowest BCUT2D eigenvalue weighted by Gasteiger charge is -2.29. The van der Waals surface area contributed by atoms with Gasteiger partial charge in [-0.3, -0.25) is 14.5 Å². The Hall–Kier alpha value is -2.91. The van der Waals surface area contributed by atoms with Crippen molar-refractivity contribution in [3.05, 3.63) is 46.7 Å². The van der Waals surface area contributed by atoms with Crippen LogP contribution in [0.5, 0.6) is 0 Å². The van der Waals surface area contributed by atoms with Crippen molar-refractivity contribution < 1.29 is 28.3 Å². The maximum atomic E-state index is 13.4. The molecule has 9 nitrogen and oxygen atoms in total. The Labute approximate surface area is 187 Å². The molecule has 3 heterocycles. The lowest BCUT2D eigenvalue weighted by atomic mass is 10.0. The first-order valence-electron chi connectivity index (χ1n) is 10.8. The maximum absolute atomic E-state index is 13.4. The lowest BCUT2D eigenvalue weighted by molar-refractivity contribution is 0.0319. The van der Waals surface area contributed by atoms with E-state index in [1.54, 1.807) is 23.6 Å². The van der Waals surface area contributed by atoms with Crippen molar-refractivity contribution in [1.29, 1.82) is 0 Å². The number of carbonyl (C=O) groups is 3. The molecule has 1 aliphatic rings. The number of ketones is 1. The smallest absolute Gasteiger partial charge is 0.354 e. The van der Waals surface area contributed by atoms with Crippen molar-refractivity contribution in [2.24, 2.45) is 0 Å². The molecule has 0 unspecified atom stereocenters. The van der Waals surface area contributed by atoms with Crippen LogP contribution in [0.2, 0.25) is 0 Å². The number of morpholine rings is 1. The van der Waals surface area contributed by atoms with E-state index in [0.29, 0.717) is 55.4 Å². The van der Waals surface area contributed by atoms with Crippen LogP contribution < -0.4 is 0 Å². The molecule has 0 radical (unpaired) electrons. The van der Waals surface area contributed by atoms with Crippen LogP contribution in [-0.4, -0.2) is 85.1 Å². The van der Waals surface area contributed by atoms with Crippen LogP contribution >= 0.6 is 0 Å². The van der Waals surface area contributed by atoms with Crippen molar-refractivity contribution in [3.8, 4) is 0 Å². The monoisotopic (exact) mass is 445 g/mol. The minimum Gasteiger partial charge on any atom is -0.464 e. The van der Waals surface area contributed by atoms with E-state index in [1.165, 1.54) is 18.3 Å². The summed E-state index contributed by atoms with van der Waals surface area (Å²) in [6, 6.07) is 3.24. The third kappa shape index (κ3) is 4.94. The van der Waals surface area contributed by atoms with Crippen molar-refractivity contribution in [1.82, 2.24) is 14.4 Å². The average Bonchev–Trinajstić information content (AvgIpc) is 3.42. The Kier molecular flexibility index (Phi) is 7.87. The van der Waals surface area contributed by atoms with Gasteiger partial charge < -0.3 is 23.4 Å². The van der Waals surface area contributed by atoms with E-state index in [-0.39, 0.29) is 24.0 Å². The highest BCUT2D eigenvalue weighted by atomic mass is 16.5.